The molecule has 2 saturated heterocycles. The van der Waals surface area contributed by atoms with Crippen LogP contribution in [-0.4, -0.2) is 191 Å². The molecule has 346 valence electrons. The van der Waals surface area contributed by atoms with Gasteiger partial charge in [-0.15, -0.1) is 0 Å². The van der Waals surface area contributed by atoms with Crippen molar-refractivity contribution < 1.29 is 110 Å². The standard InChI is InChI=1S/C43H42O22/c44-14-24-30(52)32(54)34(56)40(64-24)42(62)36(58)20(28(50)26(38(42)60)22(48)11-5-16-1-7-18(46)8-2-16)13-21-29(51)27(23(49)12-6-17-3-9-19(47)10-4-17)39(61)43(63,37(21)59)41-35(57)33(55)31(53)25(15-45)65-41/h1-13,24-25,30-35,40-41,44-48,50-57,62-63H,14-15H2. The molecule has 2 aliphatic carbocycles. The second-order valence-electron chi connectivity index (χ2n) is 15.4. The van der Waals surface area contributed by atoms with Gasteiger partial charge in [0.1, 0.15) is 101 Å². The Kier molecular flexibility index (Phi) is 13.6. The van der Waals surface area contributed by atoms with Crippen molar-refractivity contribution in [1.29, 1.82) is 0 Å². The number of hydrogen-bond donors (Lipinski definition) is 15. The molecular formula is C43H42O22. The van der Waals surface area contributed by atoms with E-state index >= 15 is 0 Å². The first kappa shape index (κ1) is 48.2. The van der Waals surface area contributed by atoms with E-state index in [1.165, 1.54) is 48.5 Å². The minimum absolute atomic E-state index is 0.103. The van der Waals surface area contributed by atoms with Gasteiger partial charge in [0.25, 0.3) is 0 Å². The molecule has 0 bridgehead atoms. The van der Waals surface area contributed by atoms with Crippen LogP contribution in [0.3, 0.4) is 0 Å². The first-order valence-electron chi connectivity index (χ1n) is 19.3. The van der Waals surface area contributed by atoms with E-state index in [0.29, 0.717) is 6.08 Å². The third-order valence-corrected chi connectivity index (χ3v) is 11.4. The number of phenols is 2. The van der Waals surface area contributed by atoms with Gasteiger partial charge >= 0.3 is 0 Å². The lowest BCUT2D eigenvalue weighted by Gasteiger charge is -2.47. The van der Waals surface area contributed by atoms with Gasteiger partial charge in [-0.2, -0.15) is 0 Å². The van der Waals surface area contributed by atoms with Crippen molar-refractivity contribution in [3.63, 3.8) is 0 Å². The highest BCUT2D eigenvalue weighted by Crippen LogP contribution is 2.43. The number of Topliss-reactive ketones (excluding diaryl/α,β-unsaturated/α-hetero) is 4. The van der Waals surface area contributed by atoms with Crippen LogP contribution in [0, 0.1) is 0 Å². The number of phenolic OH excluding ortho intramolecular Hbond substituents is 2. The average Bonchev–Trinajstić information content (AvgIpc) is 3.28. The van der Waals surface area contributed by atoms with Gasteiger partial charge in [0.2, 0.25) is 34.3 Å². The van der Waals surface area contributed by atoms with Crippen LogP contribution in [0.15, 0.2) is 106 Å². The number of rotatable bonds is 10. The van der Waals surface area contributed by atoms with Gasteiger partial charge in [0, 0.05) is 0 Å². The molecule has 4 aliphatic rings. The lowest BCUT2D eigenvalue weighted by molar-refractivity contribution is -0.260. The van der Waals surface area contributed by atoms with Crippen LogP contribution in [0.4, 0.5) is 0 Å². The van der Waals surface area contributed by atoms with Gasteiger partial charge in [-0.05, 0) is 53.6 Å². The number of ketones is 5. The number of aliphatic hydroxyl groups excluding tert-OH is 11. The summed E-state index contributed by atoms with van der Waals surface area (Å²) in [5.41, 5.74) is -13.4. The van der Waals surface area contributed by atoms with Gasteiger partial charge in [-0.3, -0.25) is 24.0 Å². The topological polar surface area (TPSA) is 407 Å². The second-order valence-corrected chi connectivity index (χ2v) is 15.4. The molecule has 0 saturated carbocycles. The second kappa shape index (κ2) is 18.3. The van der Waals surface area contributed by atoms with Crippen LogP contribution in [-0.2, 0) is 33.4 Å². The minimum Gasteiger partial charge on any atom is -0.508 e. The predicted octanol–water partition coefficient (Wildman–Crippen LogP) is -3.79. The van der Waals surface area contributed by atoms with Crippen LogP contribution >= 0.6 is 0 Å². The molecule has 65 heavy (non-hydrogen) atoms. The van der Waals surface area contributed by atoms with Gasteiger partial charge < -0.3 is 86.1 Å². The van der Waals surface area contributed by atoms with Crippen molar-refractivity contribution in [2.45, 2.75) is 72.2 Å². The minimum atomic E-state index is -3.96. The van der Waals surface area contributed by atoms with Crippen molar-refractivity contribution >= 4 is 41.1 Å². The van der Waals surface area contributed by atoms with Gasteiger partial charge in [-0.1, -0.05) is 36.4 Å². The summed E-state index contributed by atoms with van der Waals surface area (Å²) >= 11 is 0. The van der Waals surface area contributed by atoms with E-state index in [2.05, 4.69) is 0 Å². The zero-order chi connectivity index (χ0) is 48.0. The highest BCUT2D eigenvalue weighted by Gasteiger charge is 2.66. The Morgan fingerprint density at radius 1 is 0.569 bits per heavy atom. The van der Waals surface area contributed by atoms with Crippen molar-refractivity contribution in [2.24, 2.45) is 0 Å². The normalized spacial score (nSPS) is 35.2. The molecule has 15 N–H and O–H groups in total. The lowest BCUT2D eigenvalue weighted by Crippen LogP contribution is -2.71. The predicted molar refractivity (Wildman–Crippen MR) is 214 cm³/mol. The fourth-order valence-electron chi connectivity index (χ4n) is 7.67. The zero-order valence-corrected chi connectivity index (χ0v) is 33.3. The molecule has 0 spiro atoms. The Hall–Kier alpha value is -6.25. The summed E-state index contributed by atoms with van der Waals surface area (Å²) in [4.78, 5) is 71.4. The van der Waals surface area contributed by atoms with Gasteiger partial charge in [0.15, 0.2) is 5.78 Å². The molecule has 22 heteroatoms. The molecule has 6 rings (SSSR count). The third kappa shape index (κ3) is 8.22. The van der Waals surface area contributed by atoms with E-state index in [1.807, 2.05) is 0 Å². The summed E-state index contributed by atoms with van der Waals surface area (Å²) in [5, 5.41) is 162. The quantitative estimate of drug-likeness (QED) is 0.0470. The summed E-state index contributed by atoms with van der Waals surface area (Å²) in [7, 11) is 0. The number of hydrogen-bond acceptors (Lipinski definition) is 22. The van der Waals surface area contributed by atoms with E-state index in [-0.39, 0.29) is 28.7 Å². The largest absolute Gasteiger partial charge is 0.508 e. The summed E-state index contributed by atoms with van der Waals surface area (Å²) in [5.74, 6) is -14.7. The molecule has 2 fully saturated rings. The van der Waals surface area contributed by atoms with E-state index in [1.54, 1.807) is 0 Å². The van der Waals surface area contributed by atoms with Crippen LogP contribution in [0.25, 0.3) is 12.2 Å². The van der Waals surface area contributed by atoms with Crippen LogP contribution in [0.2, 0.25) is 0 Å². The Morgan fingerprint density at radius 3 is 1.45 bits per heavy atom. The first-order chi connectivity index (χ1) is 30.5. The van der Waals surface area contributed by atoms with E-state index in [4.69, 9.17) is 9.47 Å². The molecule has 0 amide bonds. The molecule has 2 heterocycles. The van der Waals surface area contributed by atoms with Crippen molar-refractivity contribution in [3.05, 3.63) is 117 Å². The molecule has 12 unspecified atom stereocenters. The molecular weight excluding hydrogens is 868 g/mol. The fourth-order valence-corrected chi connectivity index (χ4v) is 7.67. The van der Waals surface area contributed by atoms with E-state index in [0.717, 1.165) is 18.2 Å². The molecule has 2 aromatic carbocycles. The van der Waals surface area contributed by atoms with Crippen molar-refractivity contribution in [3.8, 4) is 11.5 Å². The Balaban J connectivity index is 1.62. The summed E-state index contributed by atoms with van der Waals surface area (Å²) in [6.45, 7) is -2.35. The highest BCUT2D eigenvalue weighted by atomic mass is 16.6. The van der Waals surface area contributed by atoms with Gasteiger partial charge in [-0.25, -0.2) is 0 Å². The average molecular weight is 911 g/mol. The third-order valence-electron chi connectivity index (χ3n) is 11.4. The molecule has 0 aromatic heterocycles. The maximum atomic E-state index is 14.5. The summed E-state index contributed by atoms with van der Waals surface area (Å²) < 4.78 is 10.7. The van der Waals surface area contributed by atoms with Crippen molar-refractivity contribution in [1.82, 2.24) is 0 Å². The zero-order valence-electron chi connectivity index (χ0n) is 33.3. The molecule has 22 nitrogen and oxygen atoms in total. The van der Waals surface area contributed by atoms with Crippen LogP contribution in [0.5, 0.6) is 11.5 Å². The van der Waals surface area contributed by atoms with Crippen LogP contribution in [0.1, 0.15) is 11.1 Å². The molecule has 12 atom stereocenters. The maximum Gasteiger partial charge on any atom is 0.220 e. The lowest BCUT2D eigenvalue weighted by atomic mass is 9.68. The number of allylic oxidation sites excluding steroid dienone is 5. The summed E-state index contributed by atoms with van der Waals surface area (Å²) in [6.07, 6.45) is -19.9. The number of ether oxygens (including phenoxy) is 2. The fraction of sp³-hybridized carbons (Fsp3) is 0.326. The SMILES string of the molecule is O=C(C=Cc1ccc(O)cc1)C1=C(O)C(=CC2=C(O)C(=C(O)C=Cc3ccc(O)cc3)C(=O)C(O)(C3OC(CO)C(O)C(O)C3O)C2=O)C(=O)C(O)(C2OC(CO)C(O)C(O)C2O)C1=O. The smallest absolute Gasteiger partial charge is 0.220 e. The Morgan fingerprint density at radius 2 is 1.00 bits per heavy atom. The Bertz CT molecular complexity index is 2460. The number of aliphatic hydroxyl groups is 13. The number of carbonyl (C=O) groups is 5. The first-order valence-corrected chi connectivity index (χ1v) is 19.3. The highest BCUT2D eigenvalue weighted by molar-refractivity contribution is 6.38. The molecule has 0 radical (unpaired) electrons. The summed E-state index contributed by atoms with van der Waals surface area (Å²) in [6, 6.07) is 10.0. The number of benzene rings is 2. The maximum absolute atomic E-state index is 14.5. The molecule has 2 aliphatic heterocycles. The molecule has 2 aromatic rings. The van der Waals surface area contributed by atoms with E-state index < -0.39 is 154 Å². The number of aromatic hydroxyl groups is 2. The van der Waals surface area contributed by atoms with E-state index in [9.17, 15) is 101 Å². The van der Waals surface area contributed by atoms with Crippen molar-refractivity contribution in [2.75, 3.05) is 13.2 Å². The number of carbonyl (C=O) groups excluding carboxylic acids is 5. The Labute approximate surface area is 365 Å². The monoisotopic (exact) mass is 910 g/mol. The van der Waals surface area contributed by atoms with Gasteiger partial charge in [0.05, 0.1) is 24.4 Å². The van der Waals surface area contributed by atoms with Crippen LogP contribution < -0.4 is 0 Å².